The minimum atomic E-state index is 0. The Hall–Kier alpha value is -1.23. The molecule has 0 spiro atoms. The molecule has 1 fully saturated rings. The Bertz CT molecular complexity index is 854. The second kappa shape index (κ2) is 8.20. The van der Waals surface area contributed by atoms with Crippen LogP contribution in [0.15, 0.2) is 30.5 Å². The van der Waals surface area contributed by atoms with Crippen molar-refractivity contribution < 1.29 is 34.3 Å². The van der Waals surface area contributed by atoms with Gasteiger partial charge in [-0.05, 0) is 31.4 Å². The molecule has 3 aromatic rings. The van der Waals surface area contributed by atoms with E-state index in [-0.39, 0.29) is 30.2 Å². The standard InChI is InChI=1S/C20H28N4.2ClH/c1-20(2,3)18-15-24-17-10-6-5-9-16(17)23(19(24)21-18)14-13-22-11-7-4-8-12-22;;/h5-6,9-10,15H,4,7-8,11-14H2,1-3H3;2*1H. The van der Waals surface area contributed by atoms with Gasteiger partial charge in [-0.25, -0.2) is 9.55 Å². The molecule has 6 heteroatoms. The van der Waals surface area contributed by atoms with Gasteiger partial charge in [-0.15, -0.1) is 0 Å². The number of halogens is 2. The van der Waals surface area contributed by atoms with Gasteiger partial charge in [0.2, 0.25) is 0 Å². The van der Waals surface area contributed by atoms with Crippen molar-refractivity contribution >= 4 is 16.8 Å². The zero-order valence-corrected chi connectivity index (χ0v) is 17.5. The Kier molecular flexibility index (Phi) is 6.65. The number of para-hydroxylation sites is 2. The first kappa shape index (κ1) is 21.1. The third-order valence-corrected chi connectivity index (χ3v) is 5.48. The van der Waals surface area contributed by atoms with Crippen molar-refractivity contribution in [2.75, 3.05) is 19.6 Å². The molecule has 1 saturated heterocycles. The molecule has 0 unspecified atom stereocenters. The number of aromatic nitrogens is 3. The van der Waals surface area contributed by atoms with Crippen molar-refractivity contribution in [2.45, 2.75) is 52.0 Å². The number of hydrogen-bond acceptors (Lipinski definition) is 0. The second-order valence-corrected chi connectivity index (χ2v) is 8.31. The average Bonchev–Trinajstić information content (AvgIpc) is 3.12. The number of aromatic amines is 1. The van der Waals surface area contributed by atoms with Gasteiger partial charge in [0.05, 0.1) is 13.1 Å². The highest BCUT2D eigenvalue weighted by molar-refractivity contribution is 5.75. The monoisotopic (exact) mass is 396 g/mol. The summed E-state index contributed by atoms with van der Waals surface area (Å²) in [7, 11) is 0. The first-order valence-electron chi connectivity index (χ1n) is 9.40. The maximum absolute atomic E-state index is 3.70. The summed E-state index contributed by atoms with van der Waals surface area (Å²) < 4.78 is 4.81. The van der Waals surface area contributed by atoms with E-state index in [9.17, 15) is 0 Å². The van der Waals surface area contributed by atoms with Gasteiger partial charge in [-0.3, -0.25) is 0 Å². The molecule has 0 saturated carbocycles. The van der Waals surface area contributed by atoms with Crippen LogP contribution in [0.25, 0.3) is 16.8 Å². The molecule has 1 aliphatic rings. The van der Waals surface area contributed by atoms with E-state index in [1.54, 1.807) is 4.90 Å². The predicted octanol–water partition coefficient (Wildman–Crippen LogP) is -3.92. The lowest BCUT2D eigenvalue weighted by Crippen LogP contribution is -3.13. The molecule has 0 amide bonds. The highest BCUT2D eigenvalue weighted by Crippen LogP contribution is 2.23. The van der Waals surface area contributed by atoms with Crippen molar-refractivity contribution in [2.24, 2.45) is 0 Å². The zero-order chi connectivity index (χ0) is 16.7. The average molecular weight is 397 g/mol. The number of piperidine rings is 1. The van der Waals surface area contributed by atoms with E-state index in [0.717, 1.165) is 6.54 Å². The van der Waals surface area contributed by atoms with Crippen LogP contribution in [0.1, 0.15) is 45.7 Å². The number of likely N-dealkylation sites (tertiary alicyclic amines) is 1. The molecule has 144 valence electrons. The Labute approximate surface area is 168 Å². The number of hydrogen-bond donors (Lipinski definition) is 2. The molecule has 4 rings (SSSR count). The summed E-state index contributed by atoms with van der Waals surface area (Å²) in [4.78, 5) is 5.46. The number of fused-ring (bicyclic) bond motifs is 3. The van der Waals surface area contributed by atoms with Crippen molar-refractivity contribution in [1.82, 2.24) is 9.38 Å². The van der Waals surface area contributed by atoms with Gasteiger partial charge in [0.1, 0.15) is 36.0 Å². The first-order valence-corrected chi connectivity index (χ1v) is 9.40. The Morgan fingerprint density at radius 2 is 1.77 bits per heavy atom. The molecule has 4 nitrogen and oxygen atoms in total. The van der Waals surface area contributed by atoms with Crippen LogP contribution >= 0.6 is 0 Å². The van der Waals surface area contributed by atoms with Crippen LogP contribution in [0.2, 0.25) is 0 Å². The fourth-order valence-corrected chi connectivity index (χ4v) is 3.97. The van der Waals surface area contributed by atoms with Crippen LogP contribution in [0.5, 0.6) is 0 Å². The number of benzene rings is 1. The van der Waals surface area contributed by atoms with E-state index in [4.69, 9.17) is 0 Å². The summed E-state index contributed by atoms with van der Waals surface area (Å²) >= 11 is 0. The summed E-state index contributed by atoms with van der Waals surface area (Å²) in [5.41, 5.74) is 4.06. The van der Waals surface area contributed by atoms with Crippen LogP contribution < -0.4 is 34.3 Å². The van der Waals surface area contributed by atoms with E-state index in [0.29, 0.717) is 0 Å². The molecule has 0 radical (unpaired) electrons. The molecular weight excluding hydrogens is 367 g/mol. The van der Waals surface area contributed by atoms with Gasteiger partial charge >= 0.3 is 5.78 Å². The van der Waals surface area contributed by atoms with Gasteiger partial charge < -0.3 is 29.7 Å². The first-order chi connectivity index (χ1) is 11.5. The minimum absolute atomic E-state index is 0. The lowest BCUT2D eigenvalue weighted by molar-refractivity contribution is -0.920. The van der Waals surface area contributed by atoms with Gasteiger partial charge in [0.15, 0.2) is 0 Å². The second-order valence-electron chi connectivity index (χ2n) is 8.31. The third-order valence-electron chi connectivity index (χ3n) is 5.48. The number of nitrogens with zero attached hydrogens (tertiary/aromatic N) is 2. The van der Waals surface area contributed by atoms with Crippen molar-refractivity contribution in [3.05, 3.63) is 36.2 Å². The van der Waals surface area contributed by atoms with Crippen LogP contribution in [0.3, 0.4) is 0 Å². The maximum Gasteiger partial charge on any atom is 0.368 e. The quantitative estimate of drug-likeness (QED) is 0.423. The molecule has 0 aliphatic carbocycles. The molecule has 2 N–H and O–H groups in total. The summed E-state index contributed by atoms with van der Waals surface area (Å²) in [5.74, 6) is 1.22. The topological polar surface area (TPSA) is 28.5 Å². The molecule has 0 atom stereocenters. The van der Waals surface area contributed by atoms with Crippen LogP contribution in [0.4, 0.5) is 0 Å². The van der Waals surface area contributed by atoms with Crippen LogP contribution in [-0.4, -0.2) is 29.0 Å². The van der Waals surface area contributed by atoms with E-state index < -0.39 is 0 Å². The molecule has 1 aliphatic heterocycles. The fourth-order valence-electron chi connectivity index (χ4n) is 3.97. The molecule has 2 aromatic heterocycles. The number of imidazole rings is 2. The van der Waals surface area contributed by atoms with Crippen LogP contribution in [-0.2, 0) is 12.0 Å². The van der Waals surface area contributed by atoms with Crippen molar-refractivity contribution in [3.8, 4) is 0 Å². The predicted molar refractivity (Wildman–Crippen MR) is 97.6 cm³/mol. The lowest BCUT2D eigenvalue weighted by atomic mass is 9.93. The molecule has 26 heavy (non-hydrogen) atoms. The highest BCUT2D eigenvalue weighted by atomic mass is 35.5. The number of H-pyrrole nitrogens is 1. The summed E-state index contributed by atoms with van der Waals surface area (Å²) in [5, 5.41) is 0. The van der Waals surface area contributed by atoms with Gasteiger partial charge in [-0.2, -0.15) is 4.40 Å². The number of nitrogens with one attached hydrogen (secondary N) is 2. The Morgan fingerprint density at radius 3 is 2.46 bits per heavy atom. The largest absolute Gasteiger partial charge is 1.00 e. The summed E-state index contributed by atoms with van der Waals surface area (Å²) in [6, 6.07) is 8.76. The van der Waals surface area contributed by atoms with Crippen molar-refractivity contribution in [1.29, 1.82) is 0 Å². The Morgan fingerprint density at radius 1 is 1.08 bits per heavy atom. The van der Waals surface area contributed by atoms with Gasteiger partial charge in [0, 0.05) is 5.41 Å². The molecule has 3 heterocycles. The summed E-state index contributed by atoms with van der Waals surface area (Å²) in [6.45, 7) is 11.8. The minimum Gasteiger partial charge on any atom is -1.00 e. The van der Waals surface area contributed by atoms with Gasteiger partial charge in [0.25, 0.3) is 0 Å². The number of quaternary nitrogens is 1. The summed E-state index contributed by atoms with van der Waals surface area (Å²) in [6.07, 6.45) is 6.48. The van der Waals surface area contributed by atoms with Gasteiger partial charge in [-0.1, -0.05) is 32.9 Å². The maximum atomic E-state index is 3.70. The normalized spacial score (nSPS) is 15.8. The molecular formula is C20H30Cl2N4. The third kappa shape index (κ3) is 3.88. The van der Waals surface area contributed by atoms with E-state index in [2.05, 4.69) is 65.2 Å². The van der Waals surface area contributed by atoms with E-state index in [1.807, 2.05) is 0 Å². The lowest BCUT2D eigenvalue weighted by Gasteiger charge is -2.22. The highest BCUT2D eigenvalue weighted by Gasteiger charge is 2.26. The van der Waals surface area contributed by atoms with E-state index >= 15 is 0 Å². The smallest absolute Gasteiger partial charge is 0.368 e. The van der Waals surface area contributed by atoms with Crippen molar-refractivity contribution in [3.63, 3.8) is 0 Å². The Balaban J connectivity index is 0.00000121. The van der Waals surface area contributed by atoms with Crippen LogP contribution in [0, 0.1) is 0 Å². The number of rotatable bonds is 3. The van der Waals surface area contributed by atoms with E-state index in [1.165, 1.54) is 61.4 Å². The zero-order valence-electron chi connectivity index (χ0n) is 16.0. The molecule has 0 bridgehead atoms. The fraction of sp³-hybridized carbons (Fsp3) is 0.550. The molecule has 1 aromatic carbocycles. The SMILES string of the molecule is CC(C)(C)c1cn2c3ccccc3[n+](CC[NH+]3CCCCC3)c2[nH]1.[Cl-].[Cl-].